The Morgan fingerprint density at radius 3 is 2.81 bits per heavy atom. The van der Waals surface area contributed by atoms with Gasteiger partial charge in [0.2, 0.25) is 0 Å². The van der Waals surface area contributed by atoms with Gasteiger partial charge in [-0.05, 0) is 13.0 Å². The van der Waals surface area contributed by atoms with Crippen LogP contribution in [-0.2, 0) is 4.79 Å². The zero-order chi connectivity index (χ0) is 12.3. The van der Waals surface area contributed by atoms with Gasteiger partial charge in [-0.15, -0.1) is 0 Å². The molecule has 0 saturated carbocycles. The highest BCUT2D eigenvalue weighted by atomic mass is 16.6. The first-order valence-corrected chi connectivity index (χ1v) is 4.35. The Kier molecular flexibility index (Phi) is 3.36. The van der Waals surface area contributed by atoms with Crippen molar-refractivity contribution in [2.75, 3.05) is 0 Å². The predicted molar refractivity (Wildman–Crippen MR) is 54.4 cm³/mol. The van der Waals surface area contributed by atoms with Gasteiger partial charge in [-0.1, -0.05) is 0 Å². The van der Waals surface area contributed by atoms with Crippen LogP contribution in [-0.4, -0.2) is 15.4 Å². The lowest BCUT2D eigenvalue weighted by atomic mass is 10.3. The first-order chi connectivity index (χ1) is 7.49. The number of aromatic nitrogens is 1. The number of amides is 1. The molecule has 1 aromatic rings. The number of hydrazine groups is 1. The number of pyridine rings is 1. The highest BCUT2D eigenvalue weighted by molar-refractivity contribution is 5.79. The van der Waals surface area contributed by atoms with E-state index in [-0.39, 0.29) is 0 Å². The summed E-state index contributed by atoms with van der Waals surface area (Å²) >= 11 is 0. The lowest BCUT2D eigenvalue weighted by Crippen LogP contribution is -2.39. The number of nitrogens with two attached hydrogens (primary N) is 1. The summed E-state index contributed by atoms with van der Waals surface area (Å²) in [5.41, 5.74) is 0.443. The summed E-state index contributed by atoms with van der Waals surface area (Å²) in [4.78, 5) is 32.5. The van der Waals surface area contributed by atoms with Crippen LogP contribution in [0.25, 0.3) is 0 Å². The van der Waals surface area contributed by atoms with Crippen LogP contribution in [0.1, 0.15) is 13.0 Å². The highest BCUT2D eigenvalue weighted by Gasteiger charge is 2.20. The fourth-order valence-electron chi connectivity index (χ4n) is 1.19. The molecule has 16 heavy (non-hydrogen) atoms. The molecule has 0 fully saturated rings. The van der Waals surface area contributed by atoms with Crippen molar-refractivity contribution in [3.8, 4) is 0 Å². The predicted octanol–water partition coefficient (Wildman–Crippen LogP) is -0.693. The third-order valence-electron chi connectivity index (χ3n) is 2.09. The molecule has 1 aromatic heterocycles. The molecule has 1 rings (SSSR count). The van der Waals surface area contributed by atoms with Crippen molar-refractivity contribution in [3.05, 3.63) is 38.8 Å². The van der Waals surface area contributed by atoms with Crippen LogP contribution in [0.2, 0.25) is 0 Å². The first-order valence-electron chi connectivity index (χ1n) is 4.35. The van der Waals surface area contributed by atoms with Gasteiger partial charge >= 0.3 is 11.2 Å². The molecule has 1 atom stereocenters. The van der Waals surface area contributed by atoms with E-state index in [9.17, 15) is 19.7 Å². The third kappa shape index (κ3) is 2.06. The molecule has 1 unspecified atom stereocenters. The molecular weight excluding hydrogens is 216 g/mol. The van der Waals surface area contributed by atoms with Gasteiger partial charge in [0.15, 0.2) is 0 Å². The summed E-state index contributed by atoms with van der Waals surface area (Å²) < 4.78 is 0.945. The molecule has 0 radical (unpaired) electrons. The summed E-state index contributed by atoms with van der Waals surface area (Å²) in [6, 6.07) is 1.49. The molecule has 86 valence electrons. The van der Waals surface area contributed by atoms with Gasteiger partial charge in [0.25, 0.3) is 5.91 Å². The van der Waals surface area contributed by atoms with Gasteiger partial charge in [0.05, 0.1) is 4.92 Å². The fraction of sp³-hybridized carbons (Fsp3) is 0.250. The van der Waals surface area contributed by atoms with Gasteiger partial charge in [-0.25, -0.2) is 5.84 Å². The normalized spacial score (nSPS) is 11.9. The molecule has 1 heterocycles. The van der Waals surface area contributed by atoms with E-state index in [1.54, 1.807) is 0 Å². The number of carbonyl (C=O) groups is 1. The van der Waals surface area contributed by atoms with Crippen LogP contribution in [0.4, 0.5) is 5.69 Å². The zero-order valence-electron chi connectivity index (χ0n) is 8.41. The number of nitro groups is 1. The second-order valence-electron chi connectivity index (χ2n) is 3.05. The zero-order valence-corrected chi connectivity index (χ0v) is 8.41. The first kappa shape index (κ1) is 11.9. The minimum Gasteiger partial charge on any atom is -0.297 e. The number of carbonyl (C=O) groups excluding carboxylic acids is 1. The summed E-state index contributed by atoms with van der Waals surface area (Å²) in [6.45, 7) is 1.41. The SMILES string of the molecule is CC(C(=O)NN)n1cccc([N+](=O)[O-])c1=O. The fourth-order valence-corrected chi connectivity index (χ4v) is 1.19. The molecule has 8 nitrogen and oxygen atoms in total. The number of rotatable bonds is 3. The largest absolute Gasteiger partial charge is 0.334 e. The molecule has 0 saturated heterocycles. The van der Waals surface area contributed by atoms with Gasteiger partial charge in [-0.3, -0.25) is 29.7 Å². The van der Waals surface area contributed by atoms with Crippen molar-refractivity contribution in [2.45, 2.75) is 13.0 Å². The average molecular weight is 226 g/mol. The van der Waals surface area contributed by atoms with E-state index in [0.29, 0.717) is 0 Å². The van der Waals surface area contributed by atoms with Crippen molar-refractivity contribution >= 4 is 11.6 Å². The second-order valence-corrected chi connectivity index (χ2v) is 3.05. The molecule has 8 heteroatoms. The molecule has 0 aromatic carbocycles. The van der Waals surface area contributed by atoms with E-state index in [1.165, 1.54) is 19.2 Å². The lowest BCUT2D eigenvalue weighted by molar-refractivity contribution is -0.386. The Hall–Kier alpha value is -2.22. The van der Waals surface area contributed by atoms with Crippen molar-refractivity contribution in [2.24, 2.45) is 5.84 Å². The van der Waals surface area contributed by atoms with Gasteiger partial charge in [-0.2, -0.15) is 0 Å². The standard InChI is InChI=1S/C8H10N4O4/c1-5(7(13)10-9)11-4-2-3-6(8(11)14)12(15)16/h2-5H,9H2,1H3,(H,10,13). The maximum Gasteiger partial charge on any atom is 0.334 e. The topological polar surface area (TPSA) is 120 Å². The number of nitrogens with zero attached hydrogens (tertiary/aromatic N) is 2. The van der Waals surface area contributed by atoms with E-state index in [4.69, 9.17) is 5.84 Å². The lowest BCUT2D eigenvalue weighted by Gasteiger charge is -2.12. The smallest absolute Gasteiger partial charge is 0.297 e. The summed E-state index contributed by atoms with van der Waals surface area (Å²) in [7, 11) is 0. The van der Waals surface area contributed by atoms with E-state index in [2.05, 4.69) is 0 Å². The Bertz CT molecular complexity index is 481. The molecule has 0 bridgehead atoms. The molecular formula is C8H10N4O4. The van der Waals surface area contributed by atoms with Gasteiger partial charge in [0.1, 0.15) is 6.04 Å². The molecule has 0 aliphatic heterocycles. The van der Waals surface area contributed by atoms with Crippen LogP contribution in [0.15, 0.2) is 23.1 Å². The maximum absolute atomic E-state index is 11.6. The second kappa shape index (κ2) is 4.53. The minimum atomic E-state index is -0.905. The number of hydrogen-bond donors (Lipinski definition) is 2. The van der Waals surface area contributed by atoms with E-state index in [1.807, 2.05) is 5.43 Å². The Morgan fingerprint density at radius 2 is 2.31 bits per heavy atom. The van der Waals surface area contributed by atoms with Crippen LogP contribution < -0.4 is 16.8 Å². The monoisotopic (exact) mass is 226 g/mol. The van der Waals surface area contributed by atoms with Crippen LogP contribution >= 0.6 is 0 Å². The van der Waals surface area contributed by atoms with Crippen molar-refractivity contribution in [1.29, 1.82) is 0 Å². The molecule has 1 amide bonds. The molecule has 0 spiro atoms. The van der Waals surface area contributed by atoms with E-state index >= 15 is 0 Å². The third-order valence-corrected chi connectivity index (χ3v) is 2.09. The van der Waals surface area contributed by atoms with Gasteiger partial charge < -0.3 is 0 Å². The van der Waals surface area contributed by atoms with Crippen LogP contribution in [0.3, 0.4) is 0 Å². The van der Waals surface area contributed by atoms with Crippen molar-refractivity contribution in [1.82, 2.24) is 9.99 Å². The molecule has 0 aliphatic carbocycles. The average Bonchev–Trinajstić information content (AvgIpc) is 2.27. The van der Waals surface area contributed by atoms with Crippen LogP contribution in [0.5, 0.6) is 0 Å². The van der Waals surface area contributed by atoms with E-state index in [0.717, 1.165) is 10.6 Å². The van der Waals surface area contributed by atoms with Crippen molar-refractivity contribution < 1.29 is 9.72 Å². The van der Waals surface area contributed by atoms with Crippen molar-refractivity contribution in [3.63, 3.8) is 0 Å². The number of hydrogen-bond acceptors (Lipinski definition) is 5. The molecule has 3 N–H and O–H groups in total. The Balaban J connectivity index is 3.26. The van der Waals surface area contributed by atoms with E-state index < -0.39 is 28.1 Å². The number of nitrogens with one attached hydrogen (secondary N) is 1. The van der Waals surface area contributed by atoms with Crippen LogP contribution in [0, 0.1) is 10.1 Å². The summed E-state index contributed by atoms with van der Waals surface area (Å²) in [5.74, 6) is 4.30. The quantitative estimate of drug-likeness (QED) is 0.306. The maximum atomic E-state index is 11.6. The Labute approximate surface area is 89.8 Å². The summed E-state index contributed by atoms with van der Waals surface area (Å²) in [6.07, 6.45) is 1.29. The highest BCUT2D eigenvalue weighted by Crippen LogP contribution is 2.07. The Morgan fingerprint density at radius 1 is 1.69 bits per heavy atom. The minimum absolute atomic E-state index is 0.584. The molecule has 0 aliphatic rings. The summed E-state index contributed by atoms with van der Waals surface area (Å²) in [5, 5.41) is 10.5. The van der Waals surface area contributed by atoms with Gasteiger partial charge in [0, 0.05) is 12.3 Å².